The number of amides is 1. The van der Waals surface area contributed by atoms with Crippen LogP contribution in [0.5, 0.6) is 0 Å². The first-order chi connectivity index (χ1) is 9.22. The van der Waals surface area contributed by atoms with Crippen LogP contribution in [0.1, 0.15) is 32.6 Å². The predicted molar refractivity (Wildman–Crippen MR) is 74.7 cm³/mol. The van der Waals surface area contributed by atoms with Crippen molar-refractivity contribution in [3.63, 3.8) is 0 Å². The number of hydrogen-bond acceptors (Lipinski definition) is 2. The van der Waals surface area contributed by atoms with E-state index >= 15 is 0 Å². The van der Waals surface area contributed by atoms with Crippen LogP contribution in [0.15, 0.2) is 24.3 Å². The number of rotatable bonds is 3. The molecule has 1 heterocycles. The second kappa shape index (κ2) is 6.66. The van der Waals surface area contributed by atoms with Gasteiger partial charge in [0.05, 0.1) is 6.04 Å². The molecule has 1 aromatic carbocycles. The lowest BCUT2D eigenvalue weighted by atomic mass is 10.1. The molecule has 1 saturated heterocycles. The van der Waals surface area contributed by atoms with Crippen molar-refractivity contribution in [1.82, 2.24) is 5.32 Å². The van der Waals surface area contributed by atoms with Crippen LogP contribution in [0.2, 0.25) is 0 Å². The molecule has 1 atom stereocenters. The van der Waals surface area contributed by atoms with E-state index in [1.54, 1.807) is 17.0 Å². The first kappa shape index (κ1) is 14.0. The highest BCUT2D eigenvalue weighted by atomic mass is 19.1. The largest absolute Gasteiger partial charge is 0.311 e. The van der Waals surface area contributed by atoms with Crippen molar-refractivity contribution < 1.29 is 9.18 Å². The fraction of sp³-hybridized carbons (Fsp3) is 0.533. The molecular weight excluding hydrogens is 243 g/mol. The highest BCUT2D eigenvalue weighted by Crippen LogP contribution is 2.18. The minimum atomic E-state index is -0.308. The molecule has 1 aromatic rings. The molecule has 0 bridgehead atoms. The Labute approximate surface area is 113 Å². The van der Waals surface area contributed by atoms with Gasteiger partial charge in [0.15, 0.2) is 0 Å². The minimum absolute atomic E-state index is 0.0509. The molecule has 1 aliphatic rings. The summed E-state index contributed by atoms with van der Waals surface area (Å²) in [4.78, 5) is 14.2. The van der Waals surface area contributed by atoms with Gasteiger partial charge in [-0.25, -0.2) is 4.39 Å². The summed E-state index contributed by atoms with van der Waals surface area (Å²) >= 11 is 0. The smallest absolute Gasteiger partial charge is 0.244 e. The van der Waals surface area contributed by atoms with E-state index in [0.29, 0.717) is 12.2 Å². The lowest BCUT2D eigenvalue weighted by Gasteiger charge is -2.26. The molecule has 0 radical (unpaired) electrons. The Hall–Kier alpha value is -1.42. The maximum atomic E-state index is 13.3. The van der Waals surface area contributed by atoms with Crippen LogP contribution in [0.4, 0.5) is 10.1 Å². The average Bonchev–Trinajstić information content (AvgIpc) is 2.68. The second-order valence-corrected chi connectivity index (χ2v) is 4.92. The van der Waals surface area contributed by atoms with Crippen LogP contribution in [-0.2, 0) is 4.79 Å². The highest BCUT2D eigenvalue weighted by molar-refractivity contribution is 5.97. The third kappa shape index (κ3) is 3.53. The van der Waals surface area contributed by atoms with Gasteiger partial charge in [0.1, 0.15) is 5.82 Å². The summed E-state index contributed by atoms with van der Waals surface area (Å²) < 4.78 is 13.3. The number of nitrogens with one attached hydrogen (secondary N) is 1. The Balaban J connectivity index is 2.14. The van der Waals surface area contributed by atoms with Gasteiger partial charge in [-0.05, 0) is 44.5 Å². The molecule has 1 amide bonds. The van der Waals surface area contributed by atoms with Crippen LogP contribution < -0.4 is 10.2 Å². The number of carbonyl (C=O) groups excluding carboxylic acids is 1. The topological polar surface area (TPSA) is 32.3 Å². The number of likely N-dealkylation sites (N-methyl/N-ethyl adjacent to an activating group) is 1. The van der Waals surface area contributed by atoms with Crippen molar-refractivity contribution in [3.05, 3.63) is 30.1 Å². The molecule has 1 N–H and O–H groups in total. The van der Waals surface area contributed by atoms with Crippen molar-refractivity contribution in [2.24, 2.45) is 0 Å². The van der Waals surface area contributed by atoms with Crippen molar-refractivity contribution >= 4 is 11.6 Å². The molecule has 3 nitrogen and oxygen atoms in total. The van der Waals surface area contributed by atoms with Gasteiger partial charge in [0.25, 0.3) is 0 Å². The van der Waals surface area contributed by atoms with Gasteiger partial charge in [-0.3, -0.25) is 4.79 Å². The monoisotopic (exact) mass is 264 g/mol. The number of nitrogens with zero attached hydrogens (tertiary/aromatic N) is 1. The highest BCUT2D eigenvalue weighted by Gasteiger charge is 2.25. The van der Waals surface area contributed by atoms with Crippen LogP contribution >= 0.6 is 0 Å². The van der Waals surface area contributed by atoms with Crippen LogP contribution in [-0.4, -0.2) is 25.0 Å². The first-order valence-electron chi connectivity index (χ1n) is 7.02. The Bertz CT molecular complexity index is 428. The summed E-state index contributed by atoms with van der Waals surface area (Å²) in [6.45, 7) is 3.36. The molecule has 0 aromatic heterocycles. The Morgan fingerprint density at radius 1 is 1.42 bits per heavy atom. The van der Waals surface area contributed by atoms with E-state index in [2.05, 4.69) is 5.32 Å². The molecular formula is C15H21FN2O. The van der Waals surface area contributed by atoms with E-state index in [-0.39, 0.29) is 17.8 Å². The molecule has 1 unspecified atom stereocenters. The van der Waals surface area contributed by atoms with Gasteiger partial charge < -0.3 is 10.2 Å². The normalized spacial score (nSPS) is 19.8. The number of hydrogen-bond donors (Lipinski definition) is 1. The predicted octanol–water partition coefficient (Wildman–Crippen LogP) is 2.71. The standard InChI is InChI=1S/C15H21FN2O/c1-2-18(13-8-6-7-12(16)11-13)15(19)14-9-4-3-5-10-17-14/h6-8,11,14,17H,2-5,9-10H2,1H3. The maximum Gasteiger partial charge on any atom is 0.244 e. The Morgan fingerprint density at radius 3 is 3.00 bits per heavy atom. The first-order valence-corrected chi connectivity index (χ1v) is 7.02. The third-order valence-electron chi connectivity index (χ3n) is 3.56. The third-order valence-corrected chi connectivity index (χ3v) is 3.56. The molecule has 4 heteroatoms. The van der Waals surface area contributed by atoms with Crippen molar-refractivity contribution in [3.8, 4) is 0 Å². The molecule has 0 aliphatic carbocycles. The van der Waals surface area contributed by atoms with Crippen LogP contribution in [0.25, 0.3) is 0 Å². The summed E-state index contributed by atoms with van der Waals surface area (Å²) in [5, 5.41) is 3.30. The average molecular weight is 264 g/mol. The number of benzene rings is 1. The summed E-state index contributed by atoms with van der Waals surface area (Å²) in [6, 6.07) is 6.09. The molecule has 0 spiro atoms. The van der Waals surface area contributed by atoms with Gasteiger partial charge in [-0.15, -0.1) is 0 Å². The summed E-state index contributed by atoms with van der Waals surface area (Å²) in [5.74, 6) is -0.257. The zero-order valence-electron chi connectivity index (χ0n) is 11.4. The number of anilines is 1. The molecule has 2 rings (SSSR count). The zero-order valence-corrected chi connectivity index (χ0v) is 11.4. The molecule has 1 aliphatic heterocycles. The zero-order chi connectivity index (χ0) is 13.7. The fourth-order valence-electron chi connectivity index (χ4n) is 2.54. The molecule has 19 heavy (non-hydrogen) atoms. The van der Waals surface area contributed by atoms with Crippen molar-refractivity contribution in [2.45, 2.75) is 38.6 Å². The summed E-state index contributed by atoms with van der Waals surface area (Å²) in [6.07, 6.45) is 4.23. The number of halogens is 1. The van der Waals surface area contributed by atoms with E-state index in [0.717, 1.165) is 25.8 Å². The SMILES string of the molecule is CCN(C(=O)C1CCCCCN1)c1cccc(F)c1. The summed E-state index contributed by atoms with van der Waals surface area (Å²) in [7, 11) is 0. The number of carbonyl (C=O) groups is 1. The van der Waals surface area contributed by atoms with E-state index in [1.807, 2.05) is 6.92 Å². The van der Waals surface area contributed by atoms with Crippen molar-refractivity contribution in [1.29, 1.82) is 0 Å². The van der Waals surface area contributed by atoms with Crippen molar-refractivity contribution in [2.75, 3.05) is 18.0 Å². The van der Waals surface area contributed by atoms with E-state index in [1.165, 1.54) is 18.6 Å². The lowest BCUT2D eigenvalue weighted by Crippen LogP contribution is -2.46. The Kier molecular flexibility index (Phi) is 4.91. The van der Waals surface area contributed by atoms with Gasteiger partial charge in [-0.2, -0.15) is 0 Å². The summed E-state index contributed by atoms with van der Waals surface area (Å²) in [5.41, 5.74) is 0.638. The fourth-order valence-corrected chi connectivity index (χ4v) is 2.54. The van der Waals surface area contributed by atoms with E-state index in [9.17, 15) is 9.18 Å². The quantitative estimate of drug-likeness (QED) is 0.910. The maximum absolute atomic E-state index is 13.3. The van der Waals surface area contributed by atoms with Gasteiger partial charge in [0.2, 0.25) is 5.91 Å². The second-order valence-electron chi connectivity index (χ2n) is 4.92. The molecule has 1 fully saturated rings. The Morgan fingerprint density at radius 2 is 2.26 bits per heavy atom. The van der Waals surface area contributed by atoms with Gasteiger partial charge in [-0.1, -0.05) is 18.9 Å². The molecule has 0 saturated carbocycles. The molecule has 104 valence electrons. The van der Waals surface area contributed by atoms with Crippen LogP contribution in [0.3, 0.4) is 0 Å². The van der Waals surface area contributed by atoms with E-state index in [4.69, 9.17) is 0 Å². The van der Waals surface area contributed by atoms with Crippen LogP contribution in [0, 0.1) is 5.82 Å². The lowest BCUT2D eigenvalue weighted by molar-refractivity contribution is -0.120. The van der Waals surface area contributed by atoms with E-state index < -0.39 is 0 Å². The van der Waals surface area contributed by atoms with Gasteiger partial charge >= 0.3 is 0 Å². The van der Waals surface area contributed by atoms with Gasteiger partial charge in [0, 0.05) is 12.2 Å². The minimum Gasteiger partial charge on any atom is -0.311 e.